The van der Waals surface area contributed by atoms with Crippen LogP contribution in [0.2, 0.25) is 0 Å². The Morgan fingerprint density at radius 2 is 2.19 bits per heavy atom. The summed E-state index contributed by atoms with van der Waals surface area (Å²) in [5, 5.41) is 9.13. The molecule has 2 fully saturated rings. The summed E-state index contributed by atoms with van der Waals surface area (Å²) in [5.41, 5.74) is 0. The van der Waals surface area contributed by atoms with Gasteiger partial charge in [-0.2, -0.15) is 0 Å². The van der Waals surface area contributed by atoms with Crippen molar-refractivity contribution in [1.29, 1.82) is 0 Å². The summed E-state index contributed by atoms with van der Waals surface area (Å²) < 4.78 is 0. The van der Waals surface area contributed by atoms with E-state index >= 15 is 0 Å². The number of hydrogen-bond donors (Lipinski definition) is 1. The third kappa shape index (κ3) is 2.25. The second-order valence-electron chi connectivity index (χ2n) is 4.49. The summed E-state index contributed by atoms with van der Waals surface area (Å²) in [6, 6.07) is 0.0988. The van der Waals surface area contributed by atoms with E-state index in [4.69, 9.17) is 5.11 Å². The van der Waals surface area contributed by atoms with Gasteiger partial charge in [0.15, 0.2) is 0 Å². The van der Waals surface area contributed by atoms with Crippen molar-refractivity contribution in [3.05, 3.63) is 0 Å². The highest BCUT2D eigenvalue weighted by molar-refractivity contribution is 5.97. The Hall–Kier alpha value is -0.940. The van der Waals surface area contributed by atoms with Gasteiger partial charge in [0.05, 0.1) is 13.2 Å². The fraction of sp³-hybridized carbons (Fsp3) is 0.818. The molecule has 90 valence electrons. The van der Waals surface area contributed by atoms with Crippen LogP contribution in [0.5, 0.6) is 0 Å². The molecule has 2 aliphatic heterocycles. The molecule has 0 spiro atoms. The van der Waals surface area contributed by atoms with E-state index in [1.165, 1.54) is 4.90 Å². The lowest BCUT2D eigenvalue weighted by atomic mass is 10.2. The van der Waals surface area contributed by atoms with Gasteiger partial charge in [-0.3, -0.25) is 19.4 Å². The minimum atomic E-state index is -0.108. The van der Waals surface area contributed by atoms with E-state index in [-0.39, 0.29) is 31.0 Å². The Morgan fingerprint density at radius 3 is 2.81 bits per heavy atom. The summed E-state index contributed by atoms with van der Waals surface area (Å²) >= 11 is 0. The molecule has 5 heteroatoms. The van der Waals surface area contributed by atoms with Crippen LogP contribution >= 0.6 is 0 Å². The van der Waals surface area contributed by atoms with Gasteiger partial charge < -0.3 is 5.11 Å². The van der Waals surface area contributed by atoms with E-state index in [9.17, 15) is 9.59 Å². The first-order valence-corrected chi connectivity index (χ1v) is 5.90. The SMILES string of the molecule is O=C1CCCN1C(=O)CN1CCC[C@H]1CO. The van der Waals surface area contributed by atoms with Gasteiger partial charge in [-0.25, -0.2) is 0 Å². The van der Waals surface area contributed by atoms with E-state index in [1.807, 2.05) is 4.90 Å². The lowest BCUT2D eigenvalue weighted by Gasteiger charge is -2.24. The first-order valence-electron chi connectivity index (χ1n) is 5.90. The molecule has 0 aromatic rings. The maximum Gasteiger partial charge on any atom is 0.243 e. The third-order valence-corrected chi connectivity index (χ3v) is 3.42. The largest absolute Gasteiger partial charge is 0.395 e. The number of aliphatic hydroxyl groups excluding tert-OH is 1. The molecule has 0 aromatic heterocycles. The van der Waals surface area contributed by atoms with Crippen molar-refractivity contribution >= 4 is 11.8 Å². The van der Waals surface area contributed by atoms with Crippen molar-refractivity contribution < 1.29 is 14.7 Å². The number of likely N-dealkylation sites (tertiary alicyclic amines) is 2. The van der Waals surface area contributed by atoms with Gasteiger partial charge in [0.2, 0.25) is 11.8 Å². The fourth-order valence-corrected chi connectivity index (χ4v) is 2.48. The van der Waals surface area contributed by atoms with Crippen LogP contribution in [0.15, 0.2) is 0 Å². The van der Waals surface area contributed by atoms with Crippen LogP contribution in [0.1, 0.15) is 25.7 Å². The van der Waals surface area contributed by atoms with E-state index < -0.39 is 0 Å². The van der Waals surface area contributed by atoms with Gasteiger partial charge >= 0.3 is 0 Å². The number of nitrogens with zero attached hydrogens (tertiary/aromatic N) is 2. The van der Waals surface area contributed by atoms with E-state index in [2.05, 4.69) is 0 Å². The molecule has 0 aromatic carbocycles. The predicted octanol–water partition coefficient (Wildman–Crippen LogP) is -0.408. The van der Waals surface area contributed by atoms with E-state index in [0.717, 1.165) is 25.8 Å². The first-order chi connectivity index (χ1) is 7.72. The fourth-order valence-electron chi connectivity index (χ4n) is 2.48. The van der Waals surface area contributed by atoms with Crippen molar-refractivity contribution in [2.45, 2.75) is 31.7 Å². The maximum atomic E-state index is 11.9. The third-order valence-electron chi connectivity index (χ3n) is 3.42. The minimum Gasteiger partial charge on any atom is -0.395 e. The van der Waals surface area contributed by atoms with E-state index in [0.29, 0.717) is 13.0 Å². The van der Waals surface area contributed by atoms with Gasteiger partial charge in [-0.15, -0.1) is 0 Å². The molecule has 0 bridgehead atoms. The molecule has 0 unspecified atom stereocenters. The normalized spacial score (nSPS) is 26.7. The lowest BCUT2D eigenvalue weighted by Crippen LogP contribution is -2.43. The number of imide groups is 1. The van der Waals surface area contributed by atoms with Gasteiger partial charge in [0.25, 0.3) is 0 Å². The smallest absolute Gasteiger partial charge is 0.243 e. The quantitative estimate of drug-likeness (QED) is 0.711. The van der Waals surface area contributed by atoms with Crippen molar-refractivity contribution in [3.63, 3.8) is 0 Å². The summed E-state index contributed by atoms with van der Waals surface area (Å²) in [7, 11) is 0. The van der Waals surface area contributed by atoms with Crippen LogP contribution in [0.25, 0.3) is 0 Å². The van der Waals surface area contributed by atoms with Gasteiger partial charge in [-0.05, 0) is 25.8 Å². The number of carbonyl (C=O) groups is 2. The van der Waals surface area contributed by atoms with Gasteiger partial charge in [0.1, 0.15) is 0 Å². The molecule has 0 saturated carbocycles. The molecule has 2 saturated heterocycles. The van der Waals surface area contributed by atoms with Crippen molar-refractivity contribution in [3.8, 4) is 0 Å². The zero-order chi connectivity index (χ0) is 11.5. The molecule has 5 nitrogen and oxygen atoms in total. The molecule has 2 rings (SSSR count). The Labute approximate surface area is 95.0 Å². The van der Waals surface area contributed by atoms with Crippen LogP contribution < -0.4 is 0 Å². The van der Waals surface area contributed by atoms with Crippen LogP contribution in [-0.4, -0.2) is 59.0 Å². The predicted molar refractivity (Wildman–Crippen MR) is 57.6 cm³/mol. The second-order valence-corrected chi connectivity index (χ2v) is 4.49. The van der Waals surface area contributed by atoms with Crippen LogP contribution in [0.3, 0.4) is 0 Å². The molecular formula is C11H18N2O3. The lowest BCUT2D eigenvalue weighted by molar-refractivity contribution is -0.142. The number of rotatable bonds is 3. The van der Waals surface area contributed by atoms with Crippen molar-refractivity contribution in [2.75, 3.05) is 26.2 Å². The van der Waals surface area contributed by atoms with Crippen LogP contribution in [0.4, 0.5) is 0 Å². The highest BCUT2D eigenvalue weighted by Gasteiger charge is 2.31. The monoisotopic (exact) mass is 226 g/mol. The number of carbonyl (C=O) groups excluding carboxylic acids is 2. The Bertz CT molecular complexity index is 293. The van der Waals surface area contributed by atoms with Crippen LogP contribution in [0, 0.1) is 0 Å². The average Bonchev–Trinajstić information content (AvgIpc) is 2.86. The summed E-state index contributed by atoms with van der Waals surface area (Å²) in [6.45, 7) is 1.78. The molecule has 1 N–H and O–H groups in total. The highest BCUT2D eigenvalue weighted by Crippen LogP contribution is 2.17. The van der Waals surface area contributed by atoms with Crippen molar-refractivity contribution in [2.24, 2.45) is 0 Å². The second kappa shape index (κ2) is 4.93. The standard InChI is InChI=1S/C11H18N2O3/c14-8-9-3-1-5-12(9)7-11(16)13-6-2-4-10(13)15/h9,14H,1-8H2/t9-/m0/s1. The summed E-state index contributed by atoms with van der Waals surface area (Å²) in [6.07, 6.45) is 3.24. The molecule has 0 aliphatic carbocycles. The molecule has 0 radical (unpaired) electrons. The molecule has 1 atom stereocenters. The molecule has 2 aliphatic rings. The van der Waals surface area contributed by atoms with Gasteiger partial charge in [-0.1, -0.05) is 0 Å². The Kier molecular flexibility index (Phi) is 3.56. The van der Waals surface area contributed by atoms with E-state index in [1.54, 1.807) is 0 Å². The topological polar surface area (TPSA) is 60.9 Å². The minimum absolute atomic E-state index is 0.0512. The molecule has 2 heterocycles. The number of aliphatic hydroxyl groups is 1. The zero-order valence-electron chi connectivity index (χ0n) is 9.39. The summed E-state index contributed by atoms with van der Waals surface area (Å²) in [4.78, 5) is 26.6. The zero-order valence-corrected chi connectivity index (χ0v) is 9.39. The molecule has 16 heavy (non-hydrogen) atoms. The number of amides is 2. The molecular weight excluding hydrogens is 208 g/mol. The van der Waals surface area contributed by atoms with Gasteiger partial charge in [0, 0.05) is 19.0 Å². The number of hydrogen-bond acceptors (Lipinski definition) is 4. The highest BCUT2D eigenvalue weighted by atomic mass is 16.3. The summed E-state index contributed by atoms with van der Waals surface area (Å²) in [5.74, 6) is -0.160. The Morgan fingerprint density at radius 1 is 1.38 bits per heavy atom. The van der Waals surface area contributed by atoms with Crippen LogP contribution in [-0.2, 0) is 9.59 Å². The Balaban J connectivity index is 1.89. The maximum absolute atomic E-state index is 11.9. The first kappa shape index (κ1) is 11.5. The molecule has 2 amide bonds. The average molecular weight is 226 g/mol. The van der Waals surface area contributed by atoms with Crippen molar-refractivity contribution in [1.82, 2.24) is 9.80 Å².